The lowest BCUT2D eigenvalue weighted by atomic mass is 9.54. The van der Waals surface area contributed by atoms with E-state index in [9.17, 15) is 44.7 Å². The number of carbonyl (C=O) groups excluding carboxylic acids is 4. The molecule has 16 nitrogen and oxygen atoms in total. The average Bonchev–Trinajstić information content (AvgIpc) is 3.36. The molecule has 266 valence electrons. The van der Waals surface area contributed by atoms with Gasteiger partial charge in [0.25, 0.3) is 5.91 Å². The number of Topliss-reactive ketones (excluding diaryl/α,β-unsaturated/α-hetero) is 2. The third kappa shape index (κ3) is 4.98. The number of rotatable bonds is 7. The maximum Gasteiger partial charge on any atom is 0.566 e. The molecular weight excluding hydrogens is 667 g/mol. The van der Waals surface area contributed by atoms with Gasteiger partial charge < -0.3 is 55.9 Å². The van der Waals surface area contributed by atoms with Crippen molar-refractivity contribution in [2.45, 2.75) is 43.6 Å². The number of benzene rings is 2. The molecule has 0 bridgehead atoms. The van der Waals surface area contributed by atoms with Gasteiger partial charge in [0.05, 0.1) is 42.2 Å². The van der Waals surface area contributed by atoms with E-state index in [1.165, 1.54) is 37.6 Å². The predicted octanol–water partition coefficient (Wildman–Crippen LogP) is 0.0421. The van der Waals surface area contributed by atoms with Crippen LogP contribution in [0.15, 0.2) is 53.7 Å². The number of primary amides is 1. The minimum Gasteiger partial charge on any atom is -0.535 e. The number of phenols is 1. The van der Waals surface area contributed by atoms with Crippen molar-refractivity contribution in [3.05, 3.63) is 70.4 Å². The number of anilines is 2. The van der Waals surface area contributed by atoms with E-state index in [2.05, 4.69) is 10.6 Å². The number of amides is 2. The van der Waals surface area contributed by atoms with Gasteiger partial charge in [-0.3, -0.25) is 24.1 Å². The molecule has 7 rings (SSSR count). The average molecular weight is 702 g/mol. The Kier molecular flexibility index (Phi) is 8.13. The summed E-state index contributed by atoms with van der Waals surface area (Å²) in [6.45, 7) is 1.96. The summed E-state index contributed by atoms with van der Waals surface area (Å²) in [6.07, 6.45) is 1.01. The Labute approximate surface area is 290 Å². The second-order valence-electron chi connectivity index (χ2n) is 13.4. The zero-order valence-corrected chi connectivity index (χ0v) is 27.7. The fraction of sp³-hybridized carbons (Fsp3) is 0.353. The van der Waals surface area contributed by atoms with Crippen molar-refractivity contribution < 1.29 is 58.8 Å². The number of nitrogens with zero attached hydrogens (tertiary/aromatic N) is 1. The molecule has 51 heavy (non-hydrogen) atoms. The smallest absolute Gasteiger partial charge is 0.535 e. The van der Waals surface area contributed by atoms with Crippen LogP contribution in [0.3, 0.4) is 0 Å². The van der Waals surface area contributed by atoms with Crippen LogP contribution in [0.4, 0.5) is 11.4 Å². The first kappa shape index (κ1) is 34.1. The Morgan fingerprint density at radius 3 is 2.59 bits per heavy atom. The zero-order chi connectivity index (χ0) is 36.7. The van der Waals surface area contributed by atoms with Crippen LogP contribution >= 0.6 is 0 Å². The summed E-state index contributed by atoms with van der Waals surface area (Å²) in [5, 5.41) is 63.4. The lowest BCUT2D eigenvalue weighted by molar-refractivity contribution is -0.169. The summed E-state index contributed by atoms with van der Waals surface area (Å²) in [7, 11) is 2.29. The first-order valence-electron chi connectivity index (χ1n) is 16.2. The van der Waals surface area contributed by atoms with E-state index >= 15 is 0 Å². The van der Waals surface area contributed by atoms with Gasteiger partial charge in [-0.1, -0.05) is 13.0 Å². The molecule has 0 saturated heterocycles. The van der Waals surface area contributed by atoms with E-state index in [-0.39, 0.29) is 36.7 Å². The minimum absolute atomic E-state index is 0.0390. The molecule has 0 unspecified atom stereocenters. The van der Waals surface area contributed by atoms with Gasteiger partial charge >= 0.3 is 7.12 Å². The van der Waals surface area contributed by atoms with Gasteiger partial charge in [0.2, 0.25) is 11.7 Å². The Balaban J connectivity index is 1.15. The number of hydrogen-bond acceptors (Lipinski definition) is 14. The van der Waals surface area contributed by atoms with E-state index < -0.39 is 88.5 Å². The van der Waals surface area contributed by atoms with Gasteiger partial charge in [0, 0.05) is 41.7 Å². The number of ether oxygens (including phenoxy) is 1. The molecular formula is C34H35BN4O12. The van der Waals surface area contributed by atoms with Crippen LogP contribution < -0.4 is 26.6 Å². The van der Waals surface area contributed by atoms with Crippen molar-refractivity contribution in [2.24, 2.45) is 17.6 Å². The van der Waals surface area contributed by atoms with Gasteiger partial charge in [-0.25, -0.2) is 0 Å². The van der Waals surface area contributed by atoms with Gasteiger partial charge in [0.1, 0.15) is 34.9 Å². The number of nitrogens with two attached hydrogens (primary N) is 1. The number of phenolic OH excluding ortho intramolecular Hbond substituents is 1. The van der Waals surface area contributed by atoms with E-state index in [0.29, 0.717) is 17.0 Å². The molecule has 0 radical (unpaired) electrons. The molecule has 9 N–H and O–H groups in total. The van der Waals surface area contributed by atoms with E-state index in [1.54, 1.807) is 25.1 Å². The summed E-state index contributed by atoms with van der Waals surface area (Å²) in [6, 6.07) is 5.08. The number of aliphatic hydroxyl groups is 4. The largest absolute Gasteiger partial charge is 0.566 e. The number of ketones is 2. The Morgan fingerprint density at radius 1 is 1.14 bits per heavy atom. The van der Waals surface area contributed by atoms with Crippen LogP contribution in [-0.2, 0) is 35.1 Å². The van der Waals surface area contributed by atoms with E-state index in [0.717, 1.165) is 11.0 Å². The molecule has 2 heterocycles. The van der Waals surface area contributed by atoms with Crippen LogP contribution in [0, 0.1) is 11.8 Å². The van der Waals surface area contributed by atoms with Gasteiger partial charge in [0.15, 0.2) is 11.4 Å². The molecule has 0 aromatic heterocycles. The second-order valence-corrected chi connectivity index (χ2v) is 13.4. The van der Waals surface area contributed by atoms with Crippen molar-refractivity contribution in [3.63, 3.8) is 0 Å². The third-order valence-corrected chi connectivity index (χ3v) is 10.4. The molecule has 1 fully saturated rings. The summed E-state index contributed by atoms with van der Waals surface area (Å²) >= 11 is 0. The lowest BCUT2D eigenvalue weighted by Crippen LogP contribution is -2.70. The van der Waals surface area contributed by atoms with Crippen LogP contribution in [0.5, 0.6) is 11.5 Å². The van der Waals surface area contributed by atoms with Crippen molar-refractivity contribution in [1.82, 2.24) is 4.90 Å². The number of nitrogens with one attached hydrogen (secondary N) is 2. The highest BCUT2D eigenvalue weighted by molar-refractivity contribution is 6.64. The molecule has 0 spiro atoms. The predicted molar refractivity (Wildman–Crippen MR) is 180 cm³/mol. The van der Waals surface area contributed by atoms with E-state index in [1.807, 2.05) is 0 Å². The molecule has 5 aliphatic rings. The topological polar surface area (TPSA) is 250 Å². The van der Waals surface area contributed by atoms with E-state index in [4.69, 9.17) is 19.8 Å². The lowest BCUT2D eigenvalue weighted by Gasteiger charge is -2.53. The molecule has 2 aliphatic heterocycles. The van der Waals surface area contributed by atoms with Crippen LogP contribution in [-0.4, -0.2) is 99.3 Å². The molecule has 2 amide bonds. The number of carbonyl (C=O) groups is 4. The highest BCUT2D eigenvalue weighted by Crippen LogP contribution is 2.56. The Morgan fingerprint density at radius 2 is 1.88 bits per heavy atom. The standard InChI is InChI=1S/C34H35BN4O12/c1-13-16-4-5-17(37-7-6-19(40)38-15-10-14-12-51-35-25(14)18(11-15)49-8-9-50-35)27(41)21(16)28(42)22-20(13)29(43)24-26(39(2)3)30(44)23(33(36)47)32(46)34(24,48)31(22)45/h4-5,8-11,13,20,24,26,29,37,41-43,46,48H,6-7,12H2,1-3H3,(H2,36,47)(H,38,40)/t13-,20+,24+,26-,29-,34-/m0/s1. The number of aromatic hydroxyl groups is 1. The SMILES string of the molecule is C[C@H]1c2ccc(NCCC(=O)Nc3cc4c5c(c3)OC=COB5OC4)c(O)c2C(O)=C2C(=O)[C@]3(O)C(O)=C(C(N)=O)C(=O)[C@@H](N(C)C)[C@@H]3[C@@H](O)[C@@H]21. The Hall–Kier alpha value is -5.36. The van der Waals surface area contributed by atoms with Gasteiger partial charge in [-0.15, -0.1) is 0 Å². The summed E-state index contributed by atoms with van der Waals surface area (Å²) < 4.78 is 16.7. The second kappa shape index (κ2) is 12.2. The first-order valence-corrected chi connectivity index (χ1v) is 16.2. The number of fused-ring (bicyclic) bond motifs is 3. The minimum atomic E-state index is -3.01. The van der Waals surface area contributed by atoms with Crippen LogP contribution in [0.25, 0.3) is 5.76 Å². The summed E-state index contributed by atoms with van der Waals surface area (Å²) in [4.78, 5) is 53.9. The molecule has 6 atom stereocenters. The Bertz CT molecular complexity index is 2010. The summed E-state index contributed by atoms with van der Waals surface area (Å²) in [5.41, 5.74) is 3.20. The molecule has 17 heteroatoms. The normalized spacial score (nSPS) is 27.6. The maximum atomic E-state index is 14.2. The van der Waals surface area contributed by atoms with Gasteiger partial charge in [-0.05, 0) is 43.3 Å². The molecule has 3 aliphatic carbocycles. The number of likely N-dealkylation sites (N-methyl/N-ethyl adjacent to an activating group) is 1. The first-order chi connectivity index (χ1) is 24.2. The van der Waals surface area contributed by atoms with Gasteiger partial charge in [-0.2, -0.15) is 0 Å². The fourth-order valence-electron chi connectivity index (χ4n) is 8.09. The van der Waals surface area contributed by atoms with Crippen molar-refractivity contribution in [3.8, 4) is 11.5 Å². The number of hydrogen-bond donors (Lipinski definition) is 8. The monoisotopic (exact) mass is 702 g/mol. The molecule has 2 aromatic rings. The van der Waals surface area contributed by atoms with Crippen molar-refractivity contribution in [1.29, 1.82) is 0 Å². The van der Waals surface area contributed by atoms with Crippen LogP contribution in [0.2, 0.25) is 0 Å². The third-order valence-electron chi connectivity index (χ3n) is 10.4. The van der Waals surface area contributed by atoms with Crippen LogP contribution in [0.1, 0.15) is 36.0 Å². The van der Waals surface area contributed by atoms with Crippen molar-refractivity contribution in [2.75, 3.05) is 31.3 Å². The van der Waals surface area contributed by atoms with Crippen molar-refractivity contribution >= 4 is 53.1 Å². The molecule has 2 aromatic carbocycles. The highest BCUT2D eigenvalue weighted by atomic mass is 16.6. The summed E-state index contributed by atoms with van der Waals surface area (Å²) in [5.74, 6) is -9.62. The zero-order valence-electron chi connectivity index (χ0n) is 27.7. The number of aliphatic hydroxyl groups excluding tert-OH is 3. The maximum absolute atomic E-state index is 14.2. The quantitative estimate of drug-likeness (QED) is 0.108. The highest BCUT2D eigenvalue weighted by Gasteiger charge is 2.68. The fourth-order valence-corrected chi connectivity index (χ4v) is 8.09. The molecule has 1 saturated carbocycles.